The third kappa shape index (κ3) is 5.86. The zero-order valence-corrected chi connectivity index (χ0v) is 10.3. The van der Waals surface area contributed by atoms with Crippen LogP contribution in [0, 0.1) is 0 Å². The van der Waals surface area contributed by atoms with E-state index in [4.69, 9.17) is 0 Å². The van der Waals surface area contributed by atoms with Gasteiger partial charge in [-0.15, -0.1) is 0 Å². The van der Waals surface area contributed by atoms with Crippen LogP contribution in [-0.4, -0.2) is 6.26 Å². The van der Waals surface area contributed by atoms with Crippen LogP contribution in [0.25, 0.3) is 0 Å². The van der Waals surface area contributed by atoms with E-state index in [2.05, 4.69) is 17.9 Å². The van der Waals surface area contributed by atoms with Crippen LogP contribution in [0.4, 0.5) is 4.39 Å². The molecule has 3 heteroatoms. The predicted molar refractivity (Wildman–Crippen MR) is 65.8 cm³/mol. The number of hydrogen-bond donors (Lipinski definition) is 1. The van der Waals surface area contributed by atoms with Crippen molar-refractivity contribution in [1.29, 1.82) is 0 Å². The van der Waals surface area contributed by atoms with Gasteiger partial charge in [0.1, 0.15) is 5.83 Å². The second-order valence-electron chi connectivity index (χ2n) is 2.20. The lowest BCUT2D eigenvalue weighted by Crippen LogP contribution is -2.02. The van der Waals surface area contributed by atoms with Gasteiger partial charge in [-0.3, -0.25) is 0 Å². The molecule has 0 saturated heterocycles. The highest BCUT2D eigenvalue weighted by molar-refractivity contribution is 7.96. The van der Waals surface area contributed by atoms with E-state index in [0.717, 1.165) is 0 Å². The lowest BCUT2D eigenvalue weighted by atomic mass is 10.2. The van der Waals surface area contributed by atoms with Crippen molar-refractivity contribution in [3.8, 4) is 0 Å². The van der Waals surface area contributed by atoms with Crippen LogP contribution in [0.15, 0.2) is 36.3 Å². The minimum atomic E-state index is -0.304. The Kier molecular flexibility index (Phi) is 11.7. The van der Waals surface area contributed by atoms with Crippen LogP contribution in [0.3, 0.4) is 0 Å². The molecule has 1 nitrogen and oxygen atoms in total. The summed E-state index contributed by atoms with van der Waals surface area (Å²) in [4.78, 5) is 0. The third-order valence-electron chi connectivity index (χ3n) is 1.39. The molecular formula is C11H20FNS. The summed E-state index contributed by atoms with van der Waals surface area (Å²) in [6, 6.07) is 0. The summed E-state index contributed by atoms with van der Waals surface area (Å²) in [5.41, 5.74) is 0.890. The molecule has 0 spiro atoms. The summed E-state index contributed by atoms with van der Waals surface area (Å²) >= 11 is 1.33. The normalized spacial score (nSPS) is 10.6. The van der Waals surface area contributed by atoms with Gasteiger partial charge >= 0.3 is 0 Å². The molecule has 0 bridgehead atoms. The first-order valence-electron chi connectivity index (χ1n) is 4.66. The molecule has 0 aromatic rings. The molecular weight excluding hydrogens is 197 g/mol. The summed E-state index contributed by atoms with van der Waals surface area (Å²) in [5.74, 6) is -0.304. The molecule has 0 radical (unpaired) electrons. The van der Waals surface area contributed by atoms with Gasteiger partial charge in [0, 0.05) is 6.26 Å². The van der Waals surface area contributed by atoms with E-state index in [-0.39, 0.29) is 5.83 Å². The van der Waals surface area contributed by atoms with Crippen molar-refractivity contribution in [3.05, 3.63) is 36.3 Å². The zero-order valence-electron chi connectivity index (χ0n) is 9.48. The highest BCUT2D eigenvalue weighted by Crippen LogP contribution is 2.17. The van der Waals surface area contributed by atoms with Crippen LogP contribution >= 0.6 is 11.9 Å². The molecule has 82 valence electrons. The molecule has 0 amide bonds. The first-order chi connectivity index (χ1) is 6.67. The zero-order chi connectivity index (χ0) is 11.6. The predicted octanol–water partition coefficient (Wildman–Crippen LogP) is 4.21. The summed E-state index contributed by atoms with van der Waals surface area (Å²) < 4.78 is 16.1. The van der Waals surface area contributed by atoms with Crippen molar-refractivity contribution in [1.82, 2.24) is 4.72 Å². The Labute approximate surface area is 91.3 Å². The van der Waals surface area contributed by atoms with Gasteiger partial charge in [-0.25, -0.2) is 4.39 Å². The fraction of sp³-hybridized carbons (Fsp3) is 0.455. The van der Waals surface area contributed by atoms with Crippen LogP contribution in [0.2, 0.25) is 0 Å². The molecule has 0 heterocycles. The van der Waals surface area contributed by atoms with Gasteiger partial charge in [0.2, 0.25) is 0 Å². The van der Waals surface area contributed by atoms with E-state index < -0.39 is 0 Å². The first-order valence-corrected chi connectivity index (χ1v) is 5.89. The molecule has 0 aromatic carbocycles. The summed E-state index contributed by atoms with van der Waals surface area (Å²) in [6.07, 6.45) is 3.89. The Morgan fingerprint density at radius 1 is 1.50 bits per heavy atom. The van der Waals surface area contributed by atoms with Gasteiger partial charge < -0.3 is 4.72 Å². The van der Waals surface area contributed by atoms with E-state index in [1.807, 2.05) is 27.0 Å². The Balaban J connectivity index is 0. The number of rotatable bonds is 5. The molecule has 0 aliphatic heterocycles. The van der Waals surface area contributed by atoms with E-state index in [9.17, 15) is 4.39 Å². The lowest BCUT2D eigenvalue weighted by molar-refractivity contribution is 0.631. The van der Waals surface area contributed by atoms with Crippen molar-refractivity contribution < 1.29 is 4.39 Å². The van der Waals surface area contributed by atoms with Crippen LogP contribution in [-0.2, 0) is 0 Å². The summed E-state index contributed by atoms with van der Waals surface area (Å²) in [6.45, 7) is 13.0. The van der Waals surface area contributed by atoms with Crippen molar-refractivity contribution in [3.63, 3.8) is 0 Å². The van der Waals surface area contributed by atoms with Crippen molar-refractivity contribution in [2.24, 2.45) is 0 Å². The average Bonchev–Trinajstić information content (AvgIpc) is 2.26. The van der Waals surface area contributed by atoms with Gasteiger partial charge in [-0.2, -0.15) is 0 Å². The highest BCUT2D eigenvalue weighted by Gasteiger charge is 2.04. The van der Waals surface area contributed by atoms with Crippen molar-refractivity contribution in [2.45, 2.75) is 27.2 Å². The minimum Gasteiger partial charge on any atom is -0.328 e. The van der Waals surface area contributed by atoms with Crippen molar-refractivity contribution >= 4 is 11.9 Å². The topological polar surface area (TPSA) is 12.0 Å². The maximum Gasteiger partial charge on any atom is 0.149 e. The molecule has 0 atom stereocenters. The molecule has 0 aliphatic carbocycles. The third-order valence-corrected chi connectivity index (χ3v) is 1.81. The second kappa shape index (κ2) is 10.4. The second-order valence-corrected chi connectivity index (χ2v) is 2.81. The van der Waals surface area contributed by atoms with Gasteiger partial charge in [-0.1, -0.05) is 45.9 Å². The maximum absolute atomic E-state index is 13.3. The fourth-order valence-electron chi connectivity index (χ4n) is 0.632. The van der Waals surface area contributed by atoms with Crippen molar-refractivity contribution in [2.75, 3.05) is 6.26 Å². The maximum atomic E-state index is 13.3. The highest BCUT2D eigenvalue weighted by atomic mass is 32.2. The Morgan fingerprint density at radius 3 is 2.29 bits per heavy atom. The molecule has 0 aliphatic rings. The smallest absolute Gasteiger partial charge is 0.149 e. The monoisotopic (exact) mass is 217 g/mol. The minimum absolute atomic E-state index is 0.304. The molecule has 0 unspecified atom stereocenters. The van der Waals surface area contributed by atoms with E-state index in [1.54, 1.807) is 0 Å². The number of nitrogens with one attached hydrogen (secondary N) is 1. The van der Waals surface area contributed by atoms with Crippen LogP contribution < -0.4 is 4.72 Å². The van der Waals surface area contributed by atoms with Gasteiger partial charge in [-0.05, 0) is 18.1 Å². The number of halogens is 1. The molecule has 1 N–H and O–H groups in total. The van der Waals surface area contributed by atoms with Gasteiger partial charge in [0.05, 0.1) is 5.70 Å². The Morgan fingerprint density at radius 2 is 2.00 bits per heavy atom. The van der Waals surface area contributed by atoms with Crippen LogP contribution in [0.5, 0.6) is 0 Å². The van der Waals surface area contributed by atoms with E-state index >= 15 is 0 Å². The lowest BCUT2D eigenvalue weighted by Gasteiger charge is -2.06. The molecule has 0 aromatic heterocycles. The van der Waals surface area contributed by atoms with Gasteiger partial charge in [0.25, 0.3) is 0 Å². The van der Waals surface area contributed by atoms with E-state index in [0.29, 0.717) is 17.7 Å². The van der Waals surface area contributed by atoms with E-state index in [1.165, 1.54) is 18.0 Å². The summed E-state index contributed by atoms with van der Waals surface area (Å²) in [5, 5.41) is 0. The summed E-state index contributed by atoms with van der Waals surface area (Å²) in [7, 11) is 0. The quantitative estimate of drug-likeness (QED) is 0.547. The number of allylic oxidation sites excluding steroid dienone is 3. The molecule has 14 heavy (non-hydrogen) atoms. The molecule has 0 fully saturated rings. The largest absolute Gasteiger partial charge is 0.328 e. The molecule has 0 saturated carbocycles. The SMILES string of the molecule is C=C/C(NSC)=C(/F)C(=C)CC.CC. The Bertz CT molecular complexity index is 209. The fourth-order valence-corrected chi connectivity index (χ4v) is 1.02. The standard InChI is InChI=1S/C9H14FNS.C2H6/c1-5-7(3)9(10)8(6-2)11-12-4;1-2/h6,11H,2-3,5H2,1,4H3;1-2H3/b9-8-;. The number of hydrogen-bond acceptors (Lipinski definition) is 2. The average molecular weight is 217 g/mol. The molecule has 0 rings (SSSR count). The first kappa shape index (κ1) is 15.8. The van der Waals surface area contributed by atoms with Gasteiger partial charge in [0.15, 0.2) is 0 Å². The van der Waals surface area contributed by atoms with Crippen LogP contribution in [0.1, 0.15) is 27.2 Å². The Hall–Kier alpha value is -0.700.